The van der Waals surface area contributed by atoms with Crippen molar-refractivity contribution < 1.29 is 4.74 Å². The fourth-order valence-corrected chi connectivity index (χ4v) is 5.30. The van der Waals surface area contributed by atoms with E-state index in [1.165, 1.54) is 0 Å². The van der Waals surface area contributed by atoms with E-state index >= 15 is 0 Å². The van der Waals surface area contributed by atoms with Crippen LogP contribution in [0.5, 0.6) is 5.75 Å². The van der Waals surface area contributed by atoms with Gasteiger partial charge in [-0.05, 0) is 62.3 Å². The van der Waals surface area contributed by atoms with Crippen LogP contribution in [0.4, 0.5) is 0 Å². The minimum atomic E-state index is 0.205. The molecule has 1 aliphatic carbocycles. The standard InChI is InChI=1S/C30H28N8O/c31-19-4-5-22(25-3-1-2-8-34-25)23-13-28(36-27(23)12-19)30-24-14-26(35-17-29(24)37-38-30)18-11-21(16-33-15-18)39-20-6-9-32-10-7-20/h1-5,8,11,13-17,20,32,36H,6-7,9-10,12,31H2,(H,37,38). The summed E-state index contributed by atoms with van der Waals surface area (Å²) in [6.07, 6.45) is 14.0. The Kier molecular flexibility index (Phi) is 5.90. The van der Waals surface area contributed by atoms with E-state index in [-0.39, 0.29) is 6.10 Å². The quantitative estimate of drug-likeness (QED) is 0.273. The van der Waals surface area contributed by atoms with Gasteiger partial charge in [0, 0.05) is 52.3 Å². The van der Waals surface area contributed by atoms with E-state index in [9.17, 15) is 0 Å². The van der Waals surface area contributed by atoms with Crippen LogP contribution in [-0.2, 0) is 6.42 Å². The summed E-state index contributed by atoms with van der Waals surface area (Å²) < 4.78 is 6.22. The minimum absolute atomic E-state index is 0.205. The van der Waals surface area contributed by atoms with E-state index in [1.807, 2.05) is 48.8 Å². The van der Waals surface area contributed by atoms with Crippen LogP contribution in [0.15, 0.2) is 79.0 Å². The van der Waals surface area contributed by atoms with Crippen LogP contribution in [0.1, 0.15) is 29.8 Å². The highest BCUT2D eigenvalue weighted by Crippen LogP contribution is 2.35. The largest absolute Gasteiger partial charge is 0.489 e. The van der Waals surface area contributed by atoms with Crippen molar-refractivity contribution in [3.63, 3.8) is 0 Å². The lowest BCUT2D eigenvalue weighted by Crippen LogP contribution is -2.34. The summed E-state index contributed by atoms with van der Waals surface area (Å²) in [6, 6.07) is 12.1. The molecule has 9 heteroatoms. The summed E-state index contributed by atoms with van der Waals surface area (Å²) in [7, 11) is 0. The number of aromatic nitrogens is 6. The Bertz CT molecular complexity index is 1710. The van der Waals surface area contributed by atoms with Gasteiger partial charge >= 0.3 is 0 Å². The molecule has 0 spiro atoms. The van der Waals surface area contributed by atoms with Crippen LogP contribution in [0.3, 0.4) is 0 Å². The van der Waals surface area contributed by atoms with Gasteiger partial charge in [0.25, 0.3) is 0 Å². The molecule has 9 nitrogen and oxygen atoms in total. The third kappa shape index (κ3) is 4.57. The first-order valence-corrected chi connectivity index (χ1v) is 13.2. The Morgan fingerprint density at radius 3 is 2.74 bits per heavy atom. The molecule has 7 rings (SSSR count). The molecule has 0 radical (unpaired) electrons. The molecule has 1 aliphatic heterocycles. The van der Waals surface area contributed by atoms with E-state index in [2.05, 4.69) is 47.6 Å². The molecule has 1 fully saturated rings. The summed E-state index contributed by atoms with van der Waals surface area (Å²) >= 11 is 0. The third-order valence-corrected chi connectivity index (χ3v) is 7.28. The second-order valence-electron chi connectivity index (χ2n) is 9.95. The molecule has 194 valence electrons. The van der Waals surface area contributed by atoms with Gasteiger partial charge in [-0.1, -0.05) is 12.1 Å². The van der Waals surface area contributed by atoms with Gasteiger partial charge in [0.1, 0.15) is 17.5 Å². The fourth-order valence-electron chi connectivity index (χ4n) is 5.30. The Morgan fingerprint density at radius 2 is 1.87 bits per heavy atom. The predicted octanol–water partition coefficient (Wildman–Crippen LogP) is 4.37. The van der Waals surface area contributed by atoms with Gasteiger partial charge in [-0.15, -0.1) is 0 Å². The normalized spacial score (nSPS) is 15.9. The number of nitrogens with zero attached hydrogens (tertiary/aromatic N) is 4. The molecule has 5 aromatic rings. The van der Waals surface area contributed by atoms with Crippen molar-refractivity contribution in [2.45, 2.75) is 25.4 Å². The van der Waals surface area contributed by atoms with Crippen LogP contribution in [0.25, 0.3) is 39.1 Å². The van der Waals surface area contributed by atoms with E-state index in [1.54, 1.807) is 12.4 Å². The van der Waals surface area contributed by atoms with Crippen molar-refractivity contribution in [2.24, 2.45) is 5.73 Å². The van der Waals surface area contributed by atoms with Gasteiger partial charge in [-0.25, -0.2) is 0 Å². The molecule has 0 atom stereocenters. The predicted molar refractivity (Wildman–Crippen MR) is 151 cm³/mol. The molecule has 6 heterocycles. The van der Waals surface area contributed by atoms with E-state index in [4.69, 9.17) is 10.5 Å². The number of aromatic amines is 2. The Hall–Kier alpha value is -4.76. The second-order valence-corrected chi connectivity index (χ2v) is 9.95. The van der Waals surface area contributed by atoms with Crippen molar-refractivity contribution >= 4 is 16.5 Å². The maximum Gasteiger partial charge on any atom is 0.138 e. The first-order valence-electron chi connectivity index (χ1n) is 13.2. The maximum atomic E-state index is 6.29. The number of rotatable bonds is 5. The Balaban J connectivity index is 1.25. The summed E-state index contributed by atoms with van der Waals surface area (Å²) in [4.78, 5) is 17.3. The molecule has 5 aromatic heterocycles. The Morgan fingerprint density at radius 1 is 0.949 bits per heavy atom. The summed E-state index contributed by atoms with van der Waals surface area (Å²) in [6.45, 7) is 1.95. The number of hydrogen-bond donors (Lipinski definition) is 4. The van der Waals surface area contributed by atoms with Crippen LogP contribution in [0, 0.1) is 0 Å². The summed E-state index contributed by atoms with van der Waals surface area (Å²) in [5.74, 6) is 0.765. The molecule has 2 aliphatic rings. The average Bonchev–Trinajstić information content (AvgIpc) is 3.54. The summed E-state index contributed by atoms with van der Waals surface area (Å²) in [5, 5.41) is 12.1. The number of piperidine rings is 1. The molecule has 39 heavy (non-hydrogen) atoms. The lowest BCUT2D eigenvalue weighted by Gasteiger charge is -2.23. The van der Waals surface area contributed by atoms with E-state index < -0.39 is 0 Å². The topological polar surface area (TPSA) is 130 Å². The van der Waals surface area contributed by atoms with Crippen LogP contribution in [-0.4, -0.2) is 49.3 Å². The van der Waals surface area contributed by atoms with Crippen molar-refractivity contribution in [1.82, 2.24) is 35.5 Å². The van der Waals surface area contributed by atoms with E-state index in [0.717, 1.165) is 93.5 Å². The number of nitrogens with two attached hydrogens (primary N) is 1. The van der Waals surface area contributed by atoms with Gasteiger partial charge in [0.05, 0.1) is 35.0 Å². The highest BCUT2D eigenvalue weighted by molar-refractivity contribution is 5.95. The monoisotopic (exact) mass is 516 g/mol. The Labute approximate surface area is 225 Å². The highest BCUT2D eigenvalue weighted by Gasteiger charge is 2.21. The number of nitrogens with one attached hydrogen (secondary N) is 3. The molecule has 0 aromatic carbocycles. The molecule has 0 unspecified atom stereocenters. The zero-order valence-electron chi connectivity index (χ0n) is 21.3. The summed E-state index contributed by atoms with van der Waals surface area (Å²) in [5.41, 5.74) is 15.4. The van der Waals surface area contributed by atoms with Gasteiger partial charge in [-0.2, -0.15) is 5.10 Å². The van der Waals surface area contributed by atoms with Crippen molar-refractivity contribution in [1.29, 1.82) is 0 Å². The van der Waals surface area contributed by atoms with Crippen molar-refractivity contribution in [2.75, 3.05) is 13.1 Å². The molecule has 0 saturated carbocycles. The molecule has 5 N–H and O–H groups in total. The number of hydrogen-bond acceptors (Lipinski definition) is 7. The number of ether oxygens (including phenoxy) is 1. The lowest BCUT2D eigenvalue weighted by molar-refractivity contribution is 0.162. The van der Waals surface area contributed by atoms with Crippen LogP contribution in [0.2, 0.25) is 0 Å². The lowest BCUT2D eigenvalue weighted by atomic mass is 10.0. The number of H-pyrrole nitrogens is 2. The molecule has 0 bridgehead atoms. The van der Waals surface area contributed by atoms with Crippen molar-refractivity contribution in [3.8, 4) is 28.4 Å². The molecular weight excluding hydrogens is 488 g/mol. The number of allylic oxidation sites excluding steroid dienone is 3. The van der Waals surface area contributed by atoms with Crippen LogP contribution < -0.4 is 15.8 Å². The molecule has 1 saturated heterocycles. The molecule has 0 amide bonds. The van der Waals surface area contributed by atoms with E-state index in [0.29, 0.717) is 6.42 Å². The number of pyridine rings is 3. The first-order chi connectivity index (χ1) is 19.2. The minimum Gasteiger partial charge on any atom is -0.489 e. The van der Waals surface area contributed by atoms with Gasteiger partial charge in [0.2, 0.25) is 0 Å². The van der Waals surface area contributed by atoms with Crippen molar-refractivity contribution in [3.05, 3.63) is 96.0 Å². The van der Waals surface area contributed by atoms with Gasteiger partial charge in [0.15, 0.2) is 0 Å². The van der Waals surface area contributed by atoms with Gasteiger partial charge < -0.3 is 20.8 Å². The highest BCUT2D eigenvalue weighted by atomic mass is 16.5. The first kappa shape index (κ1) is 23.4. The van der Waals surface area contributed by atoms with Crippen LogP contribution >= 0.6 is 0 Å². The third-order valence-electron chi connectivity index (χ3n) is 7.28. The maximum absolute atomic E-state index is 6.29. The average molecular weight is 517 g/mol. The fraction of sp³-hybridized carbons (Fsp3) is 0.200. The molecular formula is C30H28N8O. The SMILES string of the molecule is NC1=CC=C(c2ccccn2)c2cc(-c3n[nH]c4cnc(-c5cncc(OC6CCNCC6)c5)cc34)[nH]c2C1. The zero-order valence-corrected chi connectivity index (χ0v) is 21.3. The second kappa shape index (κ2) is 9.85. The van der Waals surface area contributed by atoms with Gasteiger partial charge in [-0.3, -0.25) is 20.1 Å². The number of fused-ring (bicyclic) bond motifs is 2. The smallest absolute Gasteiger partial charge is 0.138 e. The zero-order chi connectivity index (χ0) is 26.2.